The Bertz CT molecular complexity index is 1030. The van der Waals surface area contributed by atoms with Crippen LogP contribution in [0.4, 0.5) is 8.78 Å². The van der Waals surface area contributed by atoms with Crippen LogP contribution in [0.15, 0.2) is 45.8 Å². The Hall–Kier alpha value is -2.54. The maximum absolute atomic E-state index is 14.3. The average molecular weight is 394 g/mol. The zero-order valence-electron chi connectivity index (χ0n) is 12.1. The summed E-state index contributed by atoms with van der Waals surface area (Å²) < 4.78 is 28.8. The lowest BCUT2D eigenvalue weighted by molar-refractivity contribution is 0.0695. The minimum atomic E-state index is -1.39. The van der Waals surface area contributed by atoms with E-state index in [1.54, 1.807) is 12.1 Å². The lowest BCUT2D eigenvalue weighted by atomic mass is 10.0. The summed E-state index contributed by atoms with van der Waals surface area (Å²) >= 11 is 3.15. The van der Waals surface area contributed by atoms with Crippen molar-refractivity contribution < 1.29 is 18.7 Å². The zero-order chi connectivity index (χ0) is 17.4. The number of hydrogen-bond donors (Lipinski definition) is 2. The Morgan fingerprint density at radius 2 is 1.83 bits per heavy atom. The molecule has 0 radical (unpaired) electrons. The van der Waals surface area contributed by atoms with Crippen molar-refractivity contribution in [1.29, 1.82) is 0 Å². The van der Waals surface area contributed by atoms with Crippen molar-refractivity contribution >= 4 is 32.8 Å². The predicted molar refractivity (Wildman–Crippen MR) is 88.4 cm³/mol. The molecule has 0 aliphatic carbocycles. The summed E-state index contributed by atoms with van der Waals surface area (Å²) in [5, 5.41) is 8.87. The average Bonchev–Trinajstić information content (AvgIpc) is 2.51. The molecule has 24 heavy (non-hydrogen) atoms. The van der Waals surface area contributed by atoms with E-state index in [-0.39, 0.29) is 17.4 Å². The lowest BCUT2D eigenvalue weighted by Crippen LogP contribution is -2.15. The van der Waals surface area contributed by atoms with Gasteiger partial charge in [0.05, 0.1) is 0 Å². The normalized spacial score (nSPS) is 11.0. The number of halogens is 3. The second-order valence-corrected chi connectivity index (χ2v) is 6.15. The molecule has 0 aliphatic rings. The molecule has 0 bridgehead atoms. The Morgan fingerprint density at radius 3 is 2.50 bits per heavy atom. The second-order valence-electron chi connectivity index (χ2n) is 5.24. The minimum absolute atomic E-state index is 0.00357. The van der Waals surface area contributed by atoms with Crippen molar-refractivity contribution in [2.45, 2.75) is 6.42 Å². The maximum Gasteiger partial charge on any atom is 0.341 e. The van der Waals surface area contributed by atoms with Crippen LogP contribution in [0.1, 0.15) is 21.5 Å². The van der Waals surface area contributed by atoms with Gasteiger partial charge in [0.1, 0.15) is 17.2 Å². The minimum Gasteiger partial charge on any atom is -0.477 e. The van der Waals surface area contributed by atoms with Crippen molar-refractivity contribution in [2.75, 3.05) is 0 Å². The highest BCUT2D eigenvalue weighted by molar-refractivity contribution is 9.10. The highest BCUT2D eigenvalue weighted by atomic mass is 79.9. The Morgan fingerprint density at radius 1 is 1.12 bits per heavy atom. The van der Waals surface area contributed by atoms with E-state index in [0.29, 0.717) is 15.6 Å². The molecular formula is C17H10BrF2NO3. The van der Waals surface area contributed by atoms with Gasteiger partial charge in [0.15, 0.2) is 0 Å². The highest BCUT2D eigenvalue weighted by Gasteiger charge is 2.15. The number of aromatic carboxylic acids is 1. The van der Waals surface area contributed by atoms with Gasteiger partial charge in [0.2, 0.25) is 5.43 Å². The summed E-state index contributed by atoms with van der Waals surface area (Å²) in [4.78, 5) is 25.7. The van der Waals surface area contributed by atoms with Crippen molar-refractivity contribution in [3.05, 3.63) is 79.5 Å². The molecule has 4 nitrogen and oxygen atoms in total. The van der Waals surface area contributed by atoms with Crippen LogP contribution in [0.5, 0.6) is 0 Å². The van der Waals surface area contributed by atoms with E-state index in [4.69, 9.17) is 5.11 Å². The van der Waals surface area contributed by atoms with Gasteiger partial charge in [-0.3, -0.25) is 4.79 Å². The molecule has 3 rings (SSSR count). The number of aromatic amines is 1. The fourth-order valence-corrected chi connectivity index (χ4v) is 2.78. The first-order valence-electron chi connectivity index (χ1n) is 6.88. The Balaban J connectivity index is 2.10. The number of pyridine rings is 1. The van der Waals surface area contributed by atoms with Gasteiger partial charge >= 0.3 is 5.97 Å². The van der Waals surface area contributed by atoms with Crippen LogP contribution in [-0.2, 0) is 6.42 Å². The number of benzene rings is 2. The summed E-state index contributed by atoms with van der Waals surface area (Å²) in [7, 11) is 0. The third kappa shape index (κ3) is 2.94. The maximum atomic E-state index is 14.3. The molecule has 0 spiro atoms. The smallest absolute Gasteiger partial charge is 0.341 e. The molecule has 0 fully saturated rings. The zero-order valence-corrected chi connectivity index (χ0v) is 13.7. The van der Waals surface area contributed by atoms with Crippen molar-refractivity contribution in [3.63, 3.8) is 0 Å². The SMILES string of the molecule is O=C(O)c1c[nH]c2cc(Cc3ccc(Br)cc3F)c(F)cc2c1=O. The third-order valence-electron chi connectivity index (χ3n) is 3.67. The lowest BCUT2D eigenvalue weighted by Gasteiger charge is -2.08. The van der Waals surface area contributed by atoms with Crippen LogP contribution < -0.4 is 5.43 Å². The fourth-order valence-electron chi connectivity index (χ4n) is 2.45. The van der Waals surface area contributed by atoms with Crippen molar-refractivity contribution in [3.8, 4) is 0 Å². The van der Waals surface area contributed by atoms with Crippen molar-refractivity contribution in [1.82, 2.24) is 4.98 Å². The highest BCUT2D eigenvalue weighted by Crippen LogP contribution is 2.22. The van der Waals surface area contributed by atoms with Gasteiger partial charge in [-0.2, -0.15) is 0 Å². The van der Waals surface area contributed by atoms with E-state index < -0.39 is 28.6 Å². The molecule has 0 atom stereocenters. The van der Waals surface area contributed by atoms with Crippen LogP contribution >= 0.6 is 15.9 Å². The summed E-state index contributed by atoms with van der Waals surface area (Å²) in [6, 6.07) is 6.85. The van der Waals surface area contributed by atoms with Crippen LogP contribution in [0.3, 0.4) is 0 Å². The van der Waals surface area contributed by atoms with Gasteiger partial charge in [0, 0.05) is 28.0 Å². The molecule has 1 aromatic heterocycles. The fraction of sp³-hybridized carbons (Fsp3) is 0.0588. The molecule has 0 unspecified atom stereocenters. The summed E-state index contributed by atoms with van der Waals surface area (Å²) in [6.07, 6.45) is 1.07. The topological polar surface area (TPSA) is 70.2 Å². The van der Waals surface area contributed by atoms with E-state index in [9.17, 15) is 18.4 Å². The molecule has 3 aromatic rings. The van der Waals surface area contributed by atoms with E-state index in [0.717, 1.165) is 12.3 Å². The van der Waals surface area contributed by atoms with Crippen LogP contribution in [0.2, 0.25) is 0 Å². The van der Waals surface area contributed by atoms with E-state index in [1.807, 2.05) is 0 Å². The van der Waals surface area contributed by atoms with Crippen LogP contribution in [-0.4, -0.2) is 16.1 Å². The molecule has 0 amide bonds. The van der Waals surface area contributed by atoms with Crippen LogP contribution in [0, 0.1) is 11.6 Å². The second kappa shape index (κ2) is 6.16. The van der Waals surface area contributed by atoms with Crippen molar-refractivity contribution in [2.24, 2.45) is 0 Å². The van der Waals surface area contributed by atoms with Gasteiger partial charge in [-0.15, -0.1) is 0 Å². The number of carboxylic acid groups (broad SMARTS) is 1. The van der Waals surface area contributed by atoms with Crippen LogP contribution in [0.25, 0.3) is 10.9 Å². The predicted octanol–water partition coefficient (Wildman–Crippen LogP) is 3.86. The molecule has 0 aliphatic heterocycles. The Kier molecular flexibility index (Phi) is 4.19. The molecular weight excluding hydrogens is 384 g/mol. The molecule has 0 saturated carbocycles. The molecule has 7 heteroatoms. The van der Waals surface area contributed by atoms with Gasteiger partial charge in [0.25, 0.3) is 0 Å². The third-order valence-corrected chi connectivity index (χ3v) is 4.17. The van der Waals surface area contributed by atoms with Gasteiger partial charge in [-0.25, -0.2) is 13.6 Å². The summed E-state index contributed by atoms with van der Waals surface area (Å²) in [5.74, 6) is -2.56. The molecule has 1 heterocycles. The Labute approximate surface area is 142 Å². The number of nitrogens with one attached hydrogen (secondary N) is 1. The number of fused-ring (bicyclic) bond motifs is 1. The number of carboxylic acids is 1. The van der Waals surface area contributed by atoms with Gasteiger partial charge in [-0.05, 0) is 35.4 Å². The summed E-state index contributed by atoms with van der Waals surface area (Å²) in [6.45, 7) is 0. The molecule has 2 N–H and O–H groups in total. The first kappa shape index (κ1) is 16.3. The standard InChI is InChI=1S/C17H10BrF2NO3/c18-10-2-1-8(13(19)5-10)3-9-4-15-11(6-14(9)20)16(22)12(7-21-15)17(23)24/h1-2,4-7H,3H2,(H,21,22)(H,23,24). The number of hydrogen-bond acceptors (Lipinski definition) is 2. The number of H-pyrrole nitrogens is 1. The van der Waals surface area contributed by atoms with Gasteiger partial charge in [-0.1, -0.05) is 22.0 Å². The largest absolute Gasteiger partial charge is 0.477 e. The van der Waals surface area contributed by atoms with E-state index in [1.165, 1.54) is 12.1 Å². The first-order valence-corrected chi connectivity index (χ1v) is 7.67. The number of rotatable bonds is 3. The van der Waals surface area contributed by atoms with E-state index >= 15 is 0 Å². The van der Waals surface area contributed by atoms with E-state index in [2.05, 4.69) is 20.9 Å². The monoisotopic (exact) mass is 393 g/mol. The number of carbonyl (C=O) groups is 1. The molecule has 122 valence electrons. The molecule has 0 saturated heterocycles. The number of aromatic nitrogens is 1. The first-order chi connectivity index (χ1) is 11.4. The summed E-state index contributed by atoms with van der Waals surface area (Å²) in [5.41, 5.74) is -0.438. The molecule has 2 aromatic carbocycles. The quantitative estimate of drug-likeness (QED) is 0.709. The van der Waals surface area contributed by atoms with Gasteiger partial charge < -0.3 is 10.1 Å².